The topological polar surface area (TPSA) is 64.5 Å². The van der Waals surface area contributed by atoms with Gasteiger partial charge in [-0.1, -0.05) is 0 Å². The molecule has 0 saturated carbocycles. The van der Waals surface area contributed by atoms with Gasteiger partial charge in [0.15, 0.2) is 4.77 Å². The number of anilines is 2. The molecule has 0 fully saturated rings. The maximum absolute atomic E-state index is 8.78. The second kappa shape index (κ2) is 4.82. The van der Waals surface area contributed by atoms with Crippen molar-refractivity contribution in [2.24, 2.45) is 0 Å². The minimum atomic E-state index is 0.511. The fourth-order valence-corrected chi connectivity index (χ4v) is 2.55. The van der Waals surface area contributed by atoms with Crippen molar-refractivity contribution in [1.82, 2.24) is 9.97 Å². The molecule has 1 aliphatic carbocycles. The molecule has 0 spiro atoms. The lowest BCUT2D eigenvalue weighted by molar-refractivity contribution is 0.898. The molecule has 3 rings (SSSR count). The number of nitrogens with one attached hydrogen (secondary N) is 2. The Labute approximate surface area is 116 Å². The Bertz CT molecular complexity index is 710. The van der Waals surface area contributed by atoms with Crippen LogP contribution in [0.1, 0.15) is 23.2 Å². The average molecular weight is 268 g/mol. The van der Waals surface area contributed by atoms with Gasteiger partial charge in [-0.25, -0.2) is 4.98 Å². The lowest BCUT2D eigenvalue weighted by atomic mass is 10.2. The second-order valence-corrected chi connectivity index (χ2v) is 4.90. The highest BCUT2D eigenvalue weighted by Gasteiger charge is 2.16. The fourth-order valence-electron chi connectivity index (χ4n) is 2.34. The molecule has 2 aromatic rings. The summed E-state index contributed by atoms with van der Waals surface area (Å²) < 4.78 is 0.511. The molecule has 1 heterocycles. The number of nitriles is 1. The molecule has 1 aromatic heterocycles. The van der Waals surface area contributed by atoms with E-state index >= 15 is 0 Å². The van der Waals surface area contributed by atoms with Gasteiger partial charge in [0.05, 0.1) is 11.6 Å². The minimum Gasteiger partial charge on any atom is -0.340 e. The van der Waals surface area contributed by atoms with Crippen LogP contribution in [-0.2, 0) is 12.8 Å². The third-order valence-corrected chi connectivity index (χ3v) is 3.44. The molecule has 0 saturated heterocycles. The Morgan fingerprint density at radius 2 is 2.05 bits per heavy atom. The van der Waals surface area contributed by atoms with Gasteiger partial charge >= 0.3 is 0 Å². The van der Waals surface area contributed by atoms with Gasteiger partial charge in [0.25, 0.3) is 0 Å². The van der Waals surface area contributed by atoms with E-state index < -0.39 is 0 Å². The normalized spacial score (nSPS) is 12.8. The quantitative estimate of drug-likeness (QED) is 0.821. The van der Waals surface area contributed by atoms with E-state index in [1.165, 1.54) is 11.3 Å². The first kappa shape index (κ1) is 11.9. The zero-order valence-electron chi connectivity index (χ0n) is 10.2. The van der Waals surface area contributed by atoms with Crippen LogP contribution < -0.4 is 5.32 Å². The van der Waals surface area contributed by atoms with Crippen LogP contribution in [0.2, 0.25) is 0 Å². The molecular formula is C14H12N4S. The number of aryl methyl sites for hydroxylation is 1. The zero-order chi connectivity index (χ0) is 13.2. The second-order valence-electron chi connectivity index (χ2n) is 4.52. The lowest BCUT2D eigenvalue weighted by Gasteiger charge is -2.10. The van der Waals surface area contributed by atoms with Crippen LogP contribution in [0, 0.1) is 16.1 Å². The monoisotopic (exact) mass is 268 g/mol. The molecular weight excluding hydrogens is 256 g/mol. The fraction of sp³-hybridized carbons (Fsp3) is 0.214. The first-order chi connectivity index (χ1) is 9.26. The Kier molecular flexibility index (Phi) is 3.02. The van der Waals surface area contributed by atoms with Gasteiger partial charge in [-0.3, -0.25) is 0 Å². The van der Waals surface area contributed by atoms with Crippen molar-refractivity contribution < 1.29 is 0 Å². The van der Waals surface area contributed by atoms with Gasteiger partial charge in [-0.05, 0) is 55.7 Å². The van der Waals surface area contributed by atoms with Crippen LogP contribution in [0.4, 0.5) is 11.5 Å². The van der Waals surface area contributed by atoms with Crippen LogP contribution in [0.25, 0.3) is 0 Å². The van der Waals surface area contributed by atoms with Gasteiger partial charge in [0.1, 0.15) is 5.82 Å². The highest BCUT2D eigenvalue weighted by Crippen LogP contribution is 2.27. The lowest BCUT2D eigenvalue weighted by Crippen LogP contribution is -2.01. The van der Waals surface area contributed by atoms with Crippen molar-refractivity contribution in [2.75, 3.05) is 5.32 Å². The summed E-state index contributed by atoms with van der Waals surface area (Å²) in [5, 5.41) is 12.1. The molecule has 94 valence electrons. The van der Waals surface area contributed by atoms with Crippen molar-refractivity contribution in [3.05, 3.63) is 45.9 Å². The van der Waals surface area contributed by atoms with Gasteiger partial charge < -0.3 is 10.3 Å². The third-order valence-electron chi connectivity index (χ3n) is 3.25. The molecule has 19 heavy (non-hydrogen) atoms. The summed E-state index contributed by atoms with van der Waals surface area (Å²) in [5.74, 6) is 0.834. The number of hydrogen-bond donors (Lipinski definition) is 2. The smallest absolute Gasteiger partial charge is 0.198 e. The van der Waals surface area contributed by atoms with Crippen LogP contribution >= 0.6 is 12.2 Å². The van der Waals surface area contributed by atoms with E-state index in [9.17, 15) is 0 Å². The molecule has 1 aromatic carbocycles. The standard InChI is InChI=1S/C14H12N4S/c15-8-9-4-6-10(7-5-9)16-13-11-2-1-3-12(11)17-14(19)18-13/h4-7H,1-3H2,(H2,16,17,18,19). The van der Waals surface area contributed by atoms with Gasteiger partial charge in [0, 0.05) is 16.9 Å². The number of rotatable bonds is 2. The Morgan fingerprint density at radius 3 is 2.79 bits per heavy atom. The Hall–Kier alpha value is -2.19. The third kappa shape index (κ3) is 2.35. The predicted octanol–water partition coefficient (Wildman–Crippen LogP) is 3.24. The van der Waals surface area contributed by atoms with Crippen molar-refractivity contribution >= 4 is 23.7 Å². The van der Waals surface area contributed by atoms with Crippen LogP contribution in [0.5, 0.6) is 0 Å². The number of H-pyrrole nitrogens is 1. The first-order valence-electron chi connectivity index (χ1n) is 6.15. The maximum Gasteiger partial charge on any atom is 0.198 e. The number of aromatic nitrogens is 2. The molecule has 2 N–H and O–H groups in total. The van der Waals surface area contributed by atoms with E-state index in [0.29, 0.717) is 10.3 Å². The number of benzene rings is 1. The summed E-state index contributed by atoms with van der Waals surface area (Å²) in [5.41, 5.74) is 3.98. The maximum atomic E-state index is 8.78. The van der Waals surface area contributed by atoms with E-state index in [4.69, 9.17) is 17.5 Å². The Balaban J connectivity index is 1.95. The largest absolute Gasteiger partial charge is 0.340 e. The average Bonchev–Trinajstić information content (AvgIpc) is 2.88. The van der Waals surface area contributed by atoms with Gasteiger partial charge in [0.2, 0.25) is 0 Å². The summed E-state index contributed by atoms with van der Waals surface area (Å²) in [4.78, 5) is 7.52. The van der Waals surface area contributed by atoms with Crippen LogP contribution in [-0.4, -0.2) is 9.97 Å². The first-order valence-corrected chi connectivity index (χ1v) is 6.56. The zero-order valence-corrected chi connectivity index (χ0v) is 11.0. The summed E-state index contributed by atoms with van der Waals surface area (Å²) in [7, 11) is 0. The van der Waals surface area contributed by atoms with Crippen LogP contribution in [0.3, 0.4) is 0 Å². The number of fused-ring (bicyclic) bond motifs is 1. The van der Waals surface area contributed by atoms with Crippen molar-refractivity contribution in [1.29, 1.82) is 5.26 Å². The summed E-state index contributed by atoms with van der Waals surface area (Å²) in [6.45, 7) is 0. The molecule has 0 unspecified atom stereocenters. The van der Waals surface area contributed by atoms with E-state index in [2.05, 4.69) is 21.4 Å². The number of hydrogen-bond acceptors (Lipinski definition) is 4. The molecule has 0 amide bonds. The molecule has 5 heteroatoms. The summed E-state index contributed by atoms with van der Waals surface area (Å²) >= 11 is 5.15. The van der Waals surface area contributed by atoms with E-state index in [0.717, 1.165) is 30.8 Å². The van der Waals surface area contributed by atoms with Crippen molar-refractivity contribution in [2.45, 2.75) is 19.3 Å². The predicted molar refractivity (Wildman–Crippen MR) is 75.9 cm³/mol. The van der Waals surface area contributed by atoms with E-state index in [1.54, 1.807) is 12.1 Å². The number of aromatic amines is 1. The van der Waals surface area contributed by atoms with E-state index in [1.807, 2.05) is 12.1 Å². The summed E-state index contributed by atoms with van der Waals surface area (Å²) in [6, 6.07) is 9.42. The molecule has 1 aliphatic rings. The van der Waals surface area contributed by atoms with E-state index in [-0.39, 0.29) is 0 Å². The highest BCUT2D eigenvalue weighted by molar-refractivity contribution is 7.71. The van der Waals surface area contributed by atoms with Crippen molar-refractivity contribution in [3.63, 3.8) is 0 Å². The molecule has 0 atom stereocenters. The SMILES string of the molecule is N#Cc1ccc(Nc2nc(=S)[nH]c3c2CCC3)cc1. The molecule has 0 radical (unpaired) electrons. The highest BCUT2D eigenvalue weighted by atomic mass is 32.1. The molecule has 4 nitrogen and oxygen atoms in total. The van der Waals surface area contributed by atoms with Gasteiger partial charge in [-0.2, -0.15) is 5.26 Å². The molecule has 0 bridgehead atoms. The van der Waals surface area contributed by atoms with Gasteiger partial charge in [-0.15, -0.1) is 0 Å². The van der Waals surface area contributed by atoms with Crippen LogP contribution in [0.15, 0.2) is 24.3 Å². The molecule has 0 aliphatic heterocycles. The van der Waals surface area contributed by atoms with Crippen molar-refractivity contribution in [3.8, 4) is 6.07 Å². The minimum absolute atomic E-state index is 0.511. The summed E-state index contributed by atoms with van der Waals surface area (Å²) in [6.07, 6.45) is 3.19. The Morgan fingerprint density at radius 1 is 1.26 bits per heavy atom. The number of nitrogens with zero attached hydrogens (tertiary/aromatic N) is 2.